The Bertz CT molecular complexity index is 756. The minimum absolute atomic E-state index is 0.360. The molecule has 1 aliphatic heterocycles. The number of anilines is 1. The van der Waals surface area contributed by atoms with Gasteiger partial charge < -0.3 is 10.2 Å². The molecule has 0 radical (unpaired) electrons. The van der Waals surface area contributed by atoms with Crippen LogP contribution in [0.4, 0.5) is 18.9 Å². The van der Waals surface area contributed by atoms with E-state index in [1.54, 1.807) is 6.07 Å². The number of aryl methyl sites for hydroxylation is 1. The monoisotopic (exact) mass is 364 g/mol. The van der Waals surface area contributed by atoms with E-state index in [9.17, 15) is 13.2 Å². The molecule has 1 heterocycles. The molecule has 1 fully saturated rings. The quantitative estimate of drug-likeness (QED) is 0.738. The molecule has 1 unspecified atom stereocenters. The SMILES string of the molecule is Cc1ccc(C2CCN(C(=S)Nc3cccc(C(F)(F)F)c3)C2)cc1. The van der Waals surface area contributed by atoms with Crippen LogP contribution in [0.2, 0.25) is 0 Å². The summed E-state index contributed by atoms with van der Waals surface area (Å²) in [6.45, 7) is 3.62. The number of hydrogen-bond donors (Lipinski definition) is 1. The molecule has 1 aliphatic rings. The Labute approximate surface area is 150 Å². The van der Waals surface area contributed by atoms with Crippen LogP contribution in [0.1, 0.15) is 29.0 Å². The van der Waals surface area contributed by atoms with Crippen LogP contribution in [-0.2, 0) is 6.18 Å². The zero-order valence-corrected chi connectivity index (χ0v) is 14.6. The van der Waals surface area contributed by atoms with Crippen molar-refractivity contribution >= 4 is 23.0 Å². The van der Waals surface area contributed by atoms with Crippen molar-refractivity contribution in [3.8, 4) is 0 Å². The third-order valence-electron chi connectivity index (χ3n) is 4.47. The van der Waals surface area contributed by atoms with E-state index in [-0.39, 0.29) is 0 Å². The normalized spacial score (nSPS) is 17.6. The van der Waals surface area contributed by atoms with Crippen molar-refractivity contribution in [1.29, 1.82) is 0 Å². The van der Waals surface area contributed by atoms with Crippen LogP contribution in [-0.4, -0.2) is 23.1 Å². The van der Waals surface area contributed by atoms with Gasteiger partial charge in [-0.2, -0.15) is 13.2 Å². The predicted molar refractivity (Wildman–Crippen MR) is 97.8 cm³/mol. The maximum Gasteiger partial charge on any atom is 0.416 e. The zero-order chi connectivity index (χ0) is 18.0. The molecule has 1 N–H and O–H groups in total. The molecule has 0 aromatic heterocycles. The van der Waals surface area contributed by atoms with E-state index >= 15 is 0 Å². The van der Waals surface area contributed by atoms with Crippen molar-refractivity contribution in [2.45, 2.75) is 25.4 Å². The van der Waals surface area contributed by atoms with Gasteiger partial charge in [0.15, 0.2) is 5.11 Å². The summed E-state index contributed by atoms with van der Waals surface area (Å²) in [5, 5.41) is 3.40. The topological polar surface area (TPSA) is 15.3 Å². The summed E-state index contributed by atoms with van der Waals surface area (Å²) in [7, 11) is 0. The molecular weight excluding hydrogens is 345 g/mol. The largest absolute Gasteiger partial charge is 0.416 e. The Morgan fingerprint density at radius 3 is 2.56 bits per heavy atom. The molecule has 6 heteroatoms. The van der Waals surface area contributed by atoms with E-state index in [4.69, 9.17) is 12.2 Å². The Kier molecular flexibility index (Phi) is 4.99. The first-order valence-corrected chi connectivity index (χ1v) is 8.53. The lowest BCUT2D eigenvalue weighted by molar-refractivity contribution is -0.137. The van der Waals surface area contributed by atoms with Gasteiger partial charge in [-0.25, -0.2) is 0 Å². The maximum atomic E-state index is 12.8. The average molecular weight is 364 g/mol. The van der Waals surface area contributed by atoms with Crippen LogP contribution in [0.15, 0.2) is 48.5 Å². The van der Waals surface area contributed by atoms with Gasteiger partial charge in [-0.05, 0) is 49.3 Å². The lowest BCUT2D eigenvalue weighted by Gasteiger charge is -2.21. The van der Waals surface area contributed by atoms with E-state index in [2.05, 4.69) is 36.5 Å². The lowest BCUT2D eigenvalue weighted by Crippen LogP contribution is -2.32. The maximum absolute atomic E-state index is 12.8. The van der Waals surface area contributed by atoms with Gasteiger partial charge in [-0.1, -0.05) is 35.9 Å². The van der Waals surface area contributed by atoms with Crippen molar-refractivity contribution in [3.05, 3.63) is 65.2 Å². The van der Waals surface area contributed by atoms with Gasteiger partial charge in [0, 0.05) is 24.7 Å². The van der Waals surface area contributed by atoms with Crippen LogP contribution >= 0.6 is 12.2 Å². The Hall–Kier alpha value is -2.08. The standard InChI is InChI=1S/C19H19F3N2S/c1-13-5-7-14(8-6-13)15-9-10-24(12-15)18(25)23-17-4-2-3-16(11-17)19(20,21)22/h2-8,11,15H,9-10,12H2,1H3,(H,23,25). The molecule has 1 atom stereocenters. The van der Waals surface area contributed by atoms with E-state index in [0.29, 0.717) is 16.7 Å². The molecule has 2 nitrogen and oxygen atoms in total. The molecule has 25 heavy (non-hydrogen) atoms. The molecule has 0 bridgehead atoms. The summed E-state index contributed by atoms with van der Waals surface area (Å²) in [6, 6.07) is 13.6. The fraction of sp³-hybridized carbons (Fsp3) is 0.316. The number of nitrogens with one attached hydrogen (secondary N) is 1. The van der Waals surface area contributed by atoms with Crippen molar-refractivity contribution in [3.63, 3.8) is 0 Å². The van der Waals surface area contributed by atoms with E-state index < -0.39 is 11.7 Å². The van der Waals surface area contributed by atoms with Crippen molar-refractivity contribution < 1.29 is 13.2 Å². The van der Waals surface area contributed by atoms with Crippen molar-refractivity contribution in [2.24, 2.45) is 0 Å². The molecule has 0 amide bonds. The second-order valence-electron chi connectivity index (χ2n) is 6.35. The molecule has 0 saturated carbocycles. The van der Waals surface area contributed by atoms with Gasteiger partial charge in [0.2, 0.25) is 0 Å². The lowest BCUT2D eigenvalue weighted by atomic mass is 9.98. The number of likely N-dealkylation sites (tertiary alicyclic amines) is 1. The molecular formula is C19H19F3N2S. The minimum Gasteiger partial charge on any atom is -0.348 e. The molecule has 2 aromatic carbocycles. The zero-order valence-electron chi connectivity index (χ0n) is 13.8. The summed E-state index contributed by atoms with van der Waals surface area (Å²) < 4.78 is 38.4. The van der Waals surface area contributed by atoms with Crippen LogP contribution < -0.4 is 5.32 Å². The molecule has 0 spiro atoms. The van der Waals surface area contributed by atoms with Gasteiger partial charge in [0.25, 0.3) is 0 Å². The van der Waals surface area contributed by atoms with E-state index in [1.807, 2.05) is 4.90 Å². The number of nitrogens with zero attached hydrogens (tertiary/aromatic N) is 1. The number of thiocarbonyl (C=S) groups is 1. The fourth-order valence-corrected chi connectivity index (χ4v) is 3.31. The molecule has 2 aromatic rings. The smallest absolute Gasteiger partial charge is 0.348 e. The van der Waals surface area contributed by atoms with Gasteiger partial charge >= 0.3 is 6.18 Å². The second-order valence-corrected chi connectivity index (χ2v) is 6.74. The number of alkyl halides is 3. The summed E-state index contributed by atoms with van der Waals surface area (Å²) in [5.74, 6) is 0.391. The third-order valence-corrected chi connectivity index (χ3v) is 4.83. The Morgan fingerprint density at radius 1 is 1.16 bits per heavy atom. The van der Waals surface area contributed by atoms with E-state index in [0.717, 1.165) is 31.6 Å². The molecule has 132 valence electrons. The Balaban J connectivity index is 1.64. The summed E-state index contributed by atoms with van der Waals surface area (Å²) in [4.78, 5) is 2.01. The highest BCUT2D eigenvalue weighted by Crippen LogP contribution is 2.31. The second kappa shape index (κ2) is 7.04. The number of hydrogen-bond acceptors (Lipinski definition) is 1. The molecule has 3 rings (SSSR count). The van der Waals surface area contributed by atoms with Crippen molar-refractivity contribution in [2.75, 3.05) is 18.4 Å². The van der Waals surface area contributed by atoms with Crippen LogP contribution in [0.25, 0.3) is 0 Å². The van der Waals surface area contributed by atoms with Crippen molar-refractivity contribution in [1.82, 2.24) is 4.90 Å². The van der Waals surface area contributed by atoms with E-state index in [1.165, 1.54) is 17.2 Å². The predicted octanol–water partition coefficient (Wildman–Crippen LogP) is 5.20. The Morgan fingerprint density at radius 2 is 1.88 bits per heavy atom. The highest BCUT2D eigenvalue weighted by atomic mass is 32.1. The van der Waals surface area contributed by atoms with Crippen LogP contribution in [0.5, 0.6) is 0 Å². The first kappa shape index (κ1) is 17.7. The number of halogens is 3. The minimum atomic E-state index is -4.36. The summed E-state index contributed by atoms with van der Waals surface area (Å²) in [5.41, 5.74) is 2.17. The van der Waals surface area contributed by atoms with Gasteiger partial charge in [-0.3, -0.25) is 0 Å². The molecule has 0 aliphatic carbocycles. The van der Waals surface area contributed by atoms with Gasteiger partial charge in [0.05, 0.1) is 5.56 Å². The number of benzene rings is 2. The molecule has 1 saturated heterocycles. The summed E-state index contributed by atoms with van der Waals surface area (Å²) in [6.07, 6.45) is -3.38. The summed E-state index contributed by atoms with van der Waals surface area (Å²) >= 11 is 5.39. The fourth-order valence-electron chi connectivity index (χ4n) is 3.03. The highest BCUT2D eigenvalue weighted by molar-refractivity contribution is 7.80. The third kappa shape index (κ3) is 4.31. The average Bonchev–Trinajstić information content (AvgIpc) is 3.05. The first-order valence-electron chi connectivity index (χ1n) is 8.13. The highest BCUT2D eigenvalue weighted by Gasteiger charge is 2.31. The van der Waals surface area contributed by atoms with Crippen LogP contribution in [0, 0.1) is 6.92 Å². The number of rotatable bonds is 2. The first-order chi connectivity index (χ1) is 11.8. The van der Waals surface area contributed by atoms with Crippen LogP contribution in [0.3, 0.4) is 0 Å². The van der Waals surface area contributed by atoms with Gasteiger partial charge in [-0.15, -0.1) is 0 Å². The van der Waals surface area contributed by atoms with Gasteiger partial charge in [0.1, 0.15) is 0 Å².